The van der Waals surface area contributed by atoms with Crippen LogP contribution in [0.25, 0.3) is 11.3 Å². The van der Waals surface area contributed by atoms with Gasteiger partial charge in [-0.1, -0.05) is 36.4 Å². The molecule has 0 atom stereocenters. The molecule has 178 valence electrons. The number of nitrogens with zero attached hydrogens (tertiary/aromatic N) is 4. The first kappa shape index (κ1) is 22.5. The number of fused-ring (bicyclic) bond motifs is 1. The number of phenols is 2. The maximum absolute atomic E-state index is 13.6. The third-order valence-corrected chi connectivity index (χ3v) is 5.97. The van der Waals surface area contributed by atoms with Crippen molar-refractivity contribution in [2.45, 2.75) is 39.4 Å². The van der Waals surface area contributed by atoms with Gasteiger partial charge in [-0.2, -0.15) is 5.10 Å². The van der Waals surface area contributed by atoms with Crippen LogP contribution in [0.2, 0.25) is 0 Å². The summed E-state index contributed by atoms with van der Waals surface area (Å²) >= 11 is 0. The molecule has 2 aromatic carbocycles. The molecule has 0 saturated carbocycles. The predicted octanol–water partition coefficient (Wildman–Crippen LogP) is 5.01. The first-order chi connectivity index (χ1) is 16.7. The number of aromatic hydroxyl groups is 2. The molecule has 35 heavy (non-hydrogen) atoms. The monoisotopic (exact) mass is 469 g/mol. The molecule has 1 amide bonds. The highest BCUT2D eigenvalue weighted by Gasteiger charge is 2.30. The van der Waals surface area contributed by atoms with Gasteiger partial charge >= 0.3 is 0 Å². The molecule has 8 heteroatoms. The topological polar surface area (TPSA) is 104 Å². The van der Waals surface area contributed by atoms with Crippen molar-refractivity contribution < 1.29 is 15.0 Å². The Hall–Kier alpha value is -4.33. The number of nitrogens with one attached hydrogen (secondary N) is 1. The van der Waals surface area contributed by atoms with E-state index in [1.807, 2.05) is 74.0 Å². The van der Waals surface area contributed by atoms with Crippen molar-refractivity contribution in [2.24, 2.45) is 0 Å². The SMILES string of the molecule is CC(C)(C)n1nc(-c2ccccc2)cc1Nc1cc(O)cc(O)c1C(=O)N1Cc2cccnc2C1. The molecule has 0 aliphatic carbocycles. The lowest BCUT2D eigenvalue weighted by Gasteiger charge is -2.24. The Balaban J connectivity index is 1.54. The summed E-state index contributed by atoms with van der Waals surface area (Å²) in [4.78, 5) is 19.6. The van der Waals surface area contributed by atoms with E-state index in [0.717, 1.165) is 22.5 Å². The standard InChI is InChI=1S/C27H27N5O3/c1-27(2,3)32-24(14-20(30-32)17-8-5-4-6-9-17)29-21-12-19(33)13-23(34)25(21)26(35)31-15-18-10-7-11-28-22(18)16-31/h4-14,29,33-34H,15-16H2,1-3H3. The molecule has 3 heterocycles. The molecular formula is C27H27N5O3. The Kier molecular flexibility index (Phi) is 5.43. The van der Waals surface area contributed by atoms with Crippen LogP contribution in [0.3, 0.4) is 0 Å². The maximum atomic E-state index is 13.6. The van der Waals surface area contributed by atoms with Crippen LogP contribution in [0.4, 0.5) is 11.5 Å². The number of pyridine rings is 1. The van der Waals surface area contributed by atoms with Crippen LogP contribution in [0.15, 0.2) is 66.9 Å². The van der Waals surface area contributed by atoms with E-state index in [1.165, 1.54) is 12.1 Å². The van der Waals surface area contributed by atoms with Gasteiger partial charge in [-0.15, -0.1) is 0 Å². The molecular weight excluding hydrogens is 442 g/mol. The lowest BCUT2D eigenvalue weighted by Crippen LogP contribution is -2.27. The lowest BCUT2D eigenvalue weighted by atomic mass is 10.1. The first-order valence-electron chi connectivity index (χ1n) is 11.4. The summed E-state index contributed by atoms with van der Waals surface area (Å²) in [6.07, 6.45) is 1.70. The summed E-state index contributed by atoms with van der Waals surface area (Å²) in [5, 5.41) is 29.0. The highest BCUT2D eigenvalue weighted by atomic mass is 16.3. The summed E-state index contributed by atoms with van der Waals surface area (Å²) in [6, 6.07) is 18.1. The second-order valence-corrected chi connectivity index (χ2v) is 9.65. The molecule has 0 fully saturated rings. The number of anilines is 2. The smallest absolute Gasteiger partial charge is 0.260 e. The molecule has 0 saturated heterocycles. The number of carbonyl (C=O) groups excluding carboxylic acids is 1. The lowest BCUT2D eigenvalue weighted by molar-refractivity contribution is 0.0748. The summed E-state index contributed by atoms with van der Waals surface area (Å²) < 4.78 is 1.83. The van der Waals surface area contributed by atoms with Gasteiger partial charge in [-0.05, 0) is 32.4 Å². The second kappa shape index (κ2) is 8.47. The van der Waals surface area contributed by atoms with E-state index in [9.17, 15) is 15.0 Å². The Bertz CT molecular complexity index is 1380. The third kappa shape index (κ3) is 4.30. The van der Waals surface area contributed by atoms with Crippen molar-refractivity contribution in [1.82, 2.24) is 19.7 Å². The molecule has 1 aliphatic heterocycles. The maximum Gasteiger partial charge on any atom is 0.260 e. The van der Waals surface area contributed by atoms with E-state index in [4.69, 9.17) is 5.10 Å². The molecule has 0 bridgehead atoms. The first-order valence-corrected chi connectivity index (χ1v) is 11.4. The Labute approximate surface area is 203 Å². The van der Waals surface area contributed by atoms with Crippen LogP contribution in [-0.4, -0.2) is 35.8 Å². The second-order valence-electron chi connectivity index (χ2n) is 9.65. The number of hydrogen-bond donors (Lipinski definition) is 3. The molecule has 8 nitrogen and oxygen atoms in total. The molecule has 1 aliphatic rings. The van der Waals surface area contributed by atoms with Crippen molar-refractivity contribution in [1.29, 1.82) is 0 Å². The Morgan fingerprint density at radius 3 is 2.49 bits per heavy atom. The molecule has 3 N–H and O–H groups in total. The van der Waals surface area contributed by atoms with Crippen LogP contribution in [0.5, 0.6) is 11.5 Å². The Morgan fingerprint density at radius 1 is 1.00 bits per heavy atom. The zero-order valence-corrected chi connectivity index (χ0v) is 19.9. The minimum Gasteiger partial charge on any atom is -0.508 e. The fourth-order valence-electron chi connectivity index (χ4n) is 4.31. The number of benzene rings is 2. The van der Waals surface area contributed by atoms with Gasteiger partial charge in [0.25, 0.3) is 5.91 Å². The van der Waals surface area contributed by atoms with Gasteiger partial charge < -0.3 is 20.4 Å². The van der Waals surface area contributed by atoms with Crippen LogP contribution in [-0.2, 0) is 18.6 Å². The van der Waals surface area contributed by atoms with Crippen LogP contribution >= 0.6 is 0 Å². The molecule has 4 aromatic rings. The van der Waals surface area contributed by atoms with Crippen LogP contribution < -0.4 is 5.32 Å². The Morgan fingerprint density at radius 2 is 1.77 bits per heavy atom. The summed E-state index contributed by atoms with van der Waals surface area (Å²) in [7, 11) is 0. The normalized spacial score (nSPS) is 13.1. The fourth-order valence-corrected chi connectivity index (χ4v) is 4.31. The van der Waals surface area contributed by atoms with Crippen molar-refractivity contribution in [3.8, 4) is 22.8 Å². The van der Waals surface area contributed by atoms with Gasteiger partial charge in [0, 0.05) is 36.5 Å². The van der Waals surface area contributed by atoms with Gasteiger partial charge in [0.1, 0.15) is 22.9 Å². The molecule has 0 spiro atoms. The number of aromatic nitrogens is 3. The summed E-state index contributed by atoms with van der Waals surface area (Å²) in [5.41, 5.74) is 3.54. The van der Waals surface area contributed by atoms with Gasteiger partial charge in [0.2, 0.25) is 0 Å². The van der Waals surface area contributed by atoms with Crippen LogP contribution in [0.1, 0.15) is 42.4 Å². The average Bonchev–Trinajstić information content (AvgIpc) is 3.43. The van der Waals surface area contributed by atoms with Crippen molar-refractivity contribution in [3.05, 3.63) is 83.7 Å². The number of phenolic OH excluding ortho intramolecular Hbond substituents is 2. The summed E-state index contributed by atoms with van der Waals surface area (Å²) in [5.74, 6) is -0.181. The van der Waals surface area contributed by atoms with E-state index < -0.39 is 0 Å². The van der Waals surface area contributed by atoms with Gasteiger partial charge in [-0.25, -0.2) is 4.68 Å². The summed E-state index contributed by atoms with van der Waals surface area (Å²) in [6.45, 7) is 6.84. The van der Waals surface area contributed by atoms with Gasteiger partial charge in [-0.3, -0.25) is 9.78 Å². The van der Waals surface area contributed by atoms with E-state index in [1.54, 1.807) is 11.1 Å². The third-order valence-electron chi connectivity index (χ3n) is 5.97. The predicted molar refractivity (Wildman–Crippen MR) is 134 cm³/mol. The quantitative estimate of drug-likeness (QED) is 0.388. The van der Waals surface area contributed by atoms with Crippen molar-refractivity contribution >= 4 is 17.4 Å². The largest absolute Gasteiger partial charge is 0.508 e. The molecule has 2 aromatic heterocycles. The molecule has 0 unspecified atom stereocenters. The minimum absolute atomic E-state index is 0.0820. The number of rotatable bonds is 4. The van der Waals surface area contributed by atoms with E-state index in [-0.39, 0.29) is 28.5 Å². The van der Waals surface area contributed by atoms with Gasteiger partial charge in [0.15, 0.2) is 0 Å². The van der Waals surface area contributed by atoms with E-state index in [0.29, 0.717) is 24.6 Å². The van der Waals surface area contributed by atoms with Crippen LogP contribution in [0, 0.1) is 0 Å². The highest BCUT2D eigenvalue weighted by Crippen LogP contribution is 2.37. The molecule has 5 rings (SSSR count). The van der Waals surface area contributed by atoms with Crippen molar-refractivity contribution in [3.63, 3.8) is 0 Å². The fraction of sp³-hybridized carbons (Fsp3) is 0.222. The number of amides is 1. The van der Waals surface area contributed by atoms with E-state index in [2.05, 4.69) is 10.3 Å². The number of hydrogen-bond acceptors (Lipinski definition) is 6. The molecule has 0 radical (unpaired) electrons. The van der Waals surface area contributed by atoms with Gasteiger partial charge in [0.05, 0.1) is 29.2 Å². The van der Waals surface area contributed by atoms with E-state index >= 15 is 0 Å². The minimum atomic E-state index is -0.374. The number of carbonyl (C=O) groups is 1. The zero-order chi connectivity index (χ0) is 24.7. The average molecular weight is 470 g/mol. The zero-order valence-electron chi connectivity index (χ0n) is 19.9. The highest BCUT2D eigenvalue weighted by molar-refractivity contribution is 6.03. The van der Waals surface area contributed by atoms with Crippen molar-refractivity contribution in [2.75, 3.05) is 5.32 Å².